The van der Waals surface area contributed by atoms with E-state index in [1.54, 1.807) is 0 Å². The molecule has 152 valence electrons. The molecule has 4 N–H and O–H groups in total. The summed E-state index contributed by atoms with van der Waals surface area (Å²) in [5.41, 5.74) is -0.183. The molecular formula is C21H32O6. The molecule has 0 aromatic heterocycles. The number of aliphatic hydroxyl groups is 4. The van der Waals surface area contributed by atoms with E-state index in [1.807, 2.05) is 0 Å². The molecule has 27 heavy (non-hydrogen) atoms. The van der Waals surface area contributed by atoms with Crippen molar-refractivity contribution in [3.05, 3.63) is 0 Å². The molecule has 2 saturated heterocycles. The molecule has 4 saturated carbocycles. The highest BCUT2D eigenvalue weighted by Gasteiger charge is 2.74. The Hall–Kier alpha value is -0.240. The second-order valence-electron chi connectivity index (χ2n) is 10.7. The first-order chi connectivity index (χ1) is 12.9. The first-order valence-electron chi connectivity index (χ1n) is 10.9. The van der Waals surface area contributed by atoms with E-state index in [9.17, 15) is 20.4 Å². The number of ether oxygens (including phenoxy) is 2. The van der Waals surface area contributed by atoms with Crippen LogP contribution in [0.25, 0.3) is 0 Å². The number of fused-ring (bicyclic) bond motifs is 6. The molecule has 0 amide bonds. The Morgan fingerprint density at radius 1 is 0.852 bits per heavy atom. The van der Waals surface area contributed by atoms with Crippen LogP contribution in [0, 0.1) is 40.4 Å². The van der Waals surface area contributed by atoms with Gasteiger partial charge in [0.15, 0.2) is 12.6 Å². The fourth-order valence-corrected chi connectivity index (χ4v) is 9.02. The molecule has 2 bridgehead atoms. The average Bonchev–Trinajstić information content (AvgIpc) is 3.15. The monoisotopic (exact) mass is 380 g/mol. The maximum Gasteiger partial charge on any atom is 0.184 e. The summed E-state index contributed by atoms with van der Waals surface area (Å²) < 4.78 is 12.3. The van der Waals surface area contributed by atoms with Crippen LogP contribution >= 0.6 is 0 Å². The van der Waals surface area contributed by atoms with E-state index in [1.165, 1.54) is 0 Å². The molecule has 2 aliphatic heterocycles. The second kappa shape index (κ2) is 5.46. The van der Waals surface area contributed by atoms with Gasteiger partial charge >= 0.3 is 0 Å². The molecule has 13 atom stereocenters. The zero-order valence-corrected chi connectivity index (χ0v) is 15.9. The van der Waals surface area contributed by atoms with Gasteiger partial charge in [-0.3, -0.25) is 0 Å². The molecule has 0 aromatic carbocycles. The SMILES string of the molecule is C[C@]12C[C@@H](O)[C@@H](O)C[C@@H]1CC[C@@H]1[C@@H]2[C@@H]2C[C@]34C(OC(O)[C@H](O)[C@H]3CC[C@@H]14)O2. The molecule has 6 nitrogen and oxygen atoms in total. The minimum Gasteiger partial charge on any atom is -0.390 e. The van der Waals surface area contributed by atoms with Crippen molar-refractivity contribution in [1.82, 2.24) is 0 Å². The summed E-state index contributed by atoms with van der Waals surface area (Å²) in [6, 6.07) is 0. The van der Waals surface area contributed by atoms with Crippen LogP contribution in [0.3, 0.4) is 0 Å². The molecule has 0 radical (unpaired) electrons. The molecular weight excluding hydrogens is 348 g/mol. The van der Waals surface area contributed by atoms with E-state index in [0.717, 1.165) is 32.1 Å². The zero-order chi connectivity index (χ0) is 18.7. The average molecular weight is 380 g/mol. The molecule has 1 spiro atoms. The molecule has 6 heteroatoms. The topological polar surface area (TPSA) is 99.4 Å². The lowest BCUT2D eigenvalue weighted by molar-refractivity contribution is -0.325. The van der Waals surface area contributed by atoms with Gasteiger partial charge in [-0.15, -0.1) is 0 Å². The fourth-order valence-electron chi connectivity index (χ4n) is 9.02. The fraction of sp³-hybridized carbons (Fsp3) is 1.00. The van der Waals surface area contributed by atoms with Gasteiger partial charge in [0.2, 0.25) is 0 Å². The van der Waals surface area contributed by atoms with Crippen LogP contribution < -0.4 is 0 Å². The van der Waals surface area contributed by atoms with E-state index in [-0.39, 0.29) is 22.9 Å². The summed E-state index contributed by atoms with van der Waals surface area (Å²) in [5.74, 6) is 1.82. The van der Waals surface area contributed by atoms with Gasteiger partial charge in [0.05, 0.1) is 18.3 Å². The van der Waals surface area contributed by atoms with Crippen LogP contribution in [0.15, 0.2) is 0 Å². The quantitative estimate of drug-likeness (QED) is 0.500. The Bertz CT molecular complexity index is 642. The van der Waals surface area contributed by atoms with Crippen molar-refractivity contribution in [2.75, 3.05) is 0 Å². The maximum atomic E-state index is 10.6. The highest BCUT2D eigenvalue weighted by molar-refractivity contribution is 5.19. The van der Waals surface area contributed by atoms with Crippen molar-refractivity contribution in [3.63, 3.8) is 0 Å². The molecule has 6 fully saturated rings. The van der Waals surface area contributed by atoms with Gasteiger partial charge in [0, 0.05) is 11.3 Å². The lowest BCUT2D eigenvalue weighted by atomic mass is 9.44. The molecule has 6 rings (SSSR count). The van der Waals surface area contributed by atoms with Gasteiger partial charge in [-0.05, 0) is 74.0 Å². The van der Waals surface area contributed by atoms with E-state index in [0.29, 0.717) is 36.5 Å². The standard InChI is InChI=1S/C21H32O6/c1-20-7-14(23)13(22)6-9(20)2-3-10-11-4-5-12-17(24)18(25)27-19-21(11,12)8-15(26-19)16(10)20/h9-19,22-25H,2-8H2,1H3/t9-,10-,11-,12+,13-,14+,15-,16+,17+,18?,19?,20-,21+/m0/s1. The lowest BCUT2D eigenvalue weighted by Gasteiger charge is -2.61. The molecule has 0 aromatic rings. The van der Waals surface area contributed by atoms with Crippen molar-refractivity contribution >= 4 is 0 Å². The van der Waals surface area contributed by atoms with E-state index >= 15 is 0 Å². The third-order valence-electron chi connectivity index (χ3n) is 9.97. The smallest absolute Gasteiger partial charge is 0.184 e. The number of hydrogen-bond donors (Lipinski definition) is 4. The first kappa shape index (κ1) is 17.6. The first-order valence-corrected chi connectivity index (χ1v) is 10.9. The number of aliphatic hydroxyl groups excluding tert-OH is 4. The zero-order valence-electron chi connectivity index (χ0n) is 15.9. The van der Waals surface area contributed by atoms with E-state index < -0.39 is 30.9 Å². The maximum absolute atomic E-state index is 10.6. The second-order valence-corrected chi connectivity index (χ2v) is 10.7. The minimum atomic E-state index is -1.15. The molecule has 4 aliphatic carbocycles. The van der Waals surface area contributed by atoms with Crippen LogP contribution in [0.2, 0.25) is 0 Å². The Balaban J connectivity index is 1.41. The van der Waals surface area contributed by atoms with E-state index in [4.69, 9.17) is 9.47 Å². The highest BCUT2D eigenvalue weighted by Crippen LogP contribution is 2.73. The van der Waals surface area contributed by atoms with Gasteiger partial charge in [0.1, 0.15) is 6.10 Å². The Kier molecular flexibility index (Phi) is 3.56. The summed E-state index contributed by atoms with van der Waals surface area (Å²) in [4.78, 5) is 0. The van der Waals surface area contributed by atoms with Crippen LogP contribution in [0.5, 0.6) is 0 Å². The van der Waals surface area contributed by atoms with Crippen LogP contribution in [-0.2, 0) is 9.47 Å². The third kappa shape index (κ3) is 1.98. The van der Waals surface area contributed by atoms with Crippen LogP contribution in [0.4, 0.5) is 0 Å². The lowest BCUT2D eigenvalue weighted by Crippen LogP contribution is -2.61. The van der Waals surface area contributed by atoms with Crippen LogP contribution in [-0.4, -0.2) is 57.4 Å². The number of rotatable bonds is 0. The Labute approximate surface area is 159 Å². The summed E-state index contributed by atoms with van der Waals surface area (Å²) in [7, 11) is 0. The van der Waals surface area contributed by atoms with Gasteiger partial charge in [-0.1, -0.05) is 6.92 Å². The normalized spacial score (nSPS) is 66.8. The Morgan fingerprint density at radius 3 is 2.44 bits per heavy atom. The summed E-state index contributed by atoms with van der Waals surface area (Å²) in [6.07, 6.45) is 2.88. The summed E-state index contributed by atoms with van der Waals surface area (Å²) in [6.45, 7) is 2.31. The van der Waals surface area contributed by atoms with Crippen molar-refractivity contribution in [3.8, 4) is 0 Å². The van der Waals surface area contributed by atoms with Gasteiger partial charge < -0.3 is 29.9 Å². The minimum absolute atomic E-state index is 0.0311. The molecule has 2 heterocycles. The largest absolute Gasteiger partial charge is 0.390 e. The highest BCUT2D eigenvalue weighted by atomic mass is 16.7. The van der Waals surface area contributed by atoms with Crippen molar-refractivity contribution in [2.24, 2.45) is 40.4 Å². The van der Waals surface area contributed by atoms with Crippen LogP contribution in [0.1, 0.15) is 51.9 Å². The summed E-state index contributed by atoms with van der Waals surface area (Å²) >= 11 is 0. The molecule has 6 aliphatic rings. The predicted molar refractivity (Wildman–Crippen MR) is 94.1 cm³/mol. The van der Waals surface area contributed by atoms with Gasteiger partial charge in [-0.2, -0.15) is 0 Å². The van der Waals surface area contributed by atoms with Gasteiger partial charge in [0.25, 0.3) is 0 Å². The van der Waals surface area contributed by atoms with E-state index in [2.05, 4.69) is 6.92 Å². The Morgan fingerprint density at radius 2 is 1.63 bits per heavy atom. The van der Waals surface area contributed by atoms with Crippen molar-refractivity contribution < 1.29 is 29.9 Å². The number of hydrogen-bond acceptors (Lipinski definition) is 6. The molecule has 2 unspecified atom stereocenters. The third-order valence-corrected chi connectivity index (χ3v) is 9.97. The van der Waals surface area contributed by atoms with Gasteiger partial charge in [-0.25, -0.2) is 0 Å². The van der Waals surface area contributed by atoms with Crippen molar-refractivity contribution in [1.29, 1.82) is 0 Å². The van der Waals surface area contributed by atoms with Crippen molar-refractivity contribution in [2.45, 2.75) is 88.9 Å². The summed E-state index contributed by atoms with van der Waals surface area (Å²) in [5, 5.41) is 41.5. The predicted octanol–water partition coefficient (Wildman–Crippen LogP) is 1.00.